The molecule has 1 aliphatic rings. The molecule has 8 heteroatoms. The highest BCUT2D eigenvalue weighted by atomic mass is 19.1. The summed E-state index contributed by atoms with van der Waals surface area (Å²) in [5, 5.41) is 13.5. The number of anilines is 1. The fraction of sp³-hybridized carbons (Fsp3) is 0.0333. The molecule has 0 radical (unpaired) electrons. The Morgan fingerprint density at radius 2 is 1.89 bits per heavy atom. The predicted octanol–water partition coefficient (Wildman–Crippen LogP) is 5.95. The quantitative estimate of drug-likeness (QED) is 0.294. The maximum absolute atomic E-state index is 14.8. The monoisotopic (exact) mass is 505 g/mol. The van der Waals surface area contributed by atoms with Gasteiger partial charge >= 0.3 is 0 Å². The summed E-state index contributed by atoms with van der Waals surface area (Å²) in [6, 6.07) is 19.6. The van der Waals surface area contributed by atoms with Crippen molar-refractivity contribution < 1.29 is 23.8 Å². The summed E-state index contributed by atoms with van der Waals surface area (Å²) in [5.41, 5.74) is 3.13. The number of fused-ring (bicyclic) bond motifs is 2. The largest absolute Gasteiger partial charge is 0.507 e. The van der Waals surface area contributed by atoms with Crippen molar-refractivity contribution in [2.75, 3.05) is 5.32 Å². The highest BCUT2D eigenvalue weighted by Gasteiger charge is 2.30. The van der Waals surface area contributed by atoms with Crippen LogP contribution in [0.3, 0.4) is 0 Å². The van der Waals surface area contributed by atoms with E-state index in [1.54, 1.807) is 67.0 Å². The van der Waals surface area contributed by atoms with Crippen LogP contribution in [0, 0.1) is 5.82 Å². The maximum Gasteiger partial charge on any atom is 0.258 e. The third kappa shape index (κ3) is 3.88. The number of phenolic OH excluding ortho intramolecular Hbond substituents is 1. The Balaban J connectivity index is 1.44. The number of phenols is 1. The van der Waals surface area contributed by atoms with Crippen LogP contribution >= 0.6 is 0 Å². The highest BCUT2D eigenvalue weighted by molar-refractivity contribution is 6.17. The van der Waals surface area contributed by atoms with Gasteiger partial charge in [0.25, 0.3) is 5.91 Å². The molecule has 0 bridgehead atoms. The zero-order valence-corrected chi connectivity index (χ0v) is 20.1. The summed E-state index contributed by atoms with van der Waals surface area (Å²) in [7, 11) is 1.82. The molecule has 3 heterocycles. The van der Waals surface area contributed by atoms with E-state index < -0.39 is 17.5 Å². The molecule has 38 heavy (non-hydrogen) atoms. The Bertz CT molecular complexity index is 1790. The summed E-state index contributed by atoms with van der Waals surface area (Å²) < 4.78 is 22.3. The molecular weight excluding hydrogens is 485 g/mol. The number of allylic oxidation sites excluding steroid dienone is 1. The van der Waals surface area contributed by atoms with Gasteiger partial charge in [0.15, 0.2) is 5.76 Å². The standard InChI is InChI=1S/C30H20FN3O4/c1-34-16-18(15-25-28(36)27-23(35)8-5-9-24(27)38-25)26-20(12-13-32-29(26)34)17-10-11-22(31)21(14-17)30(37)33-19-6-3-2-4-7-19/h2-16,35H,1H3,(H,33,37). The van der Waals surface area contributed by atoms with Crippen LogP contribution in [0.25, 0.3) is 28.2 Å². The van der Waals surface area contributed by atoms with E-state index in [4.69, 9.17) is 4.74 Å². The second-order valence-electron chi connectivity index (χ2n) is 8.86. The highest BCUT2D eigenvalue weighted by Crippen LogP contribution is 2.39. The Morgan fingerprint density at radius 3 is 2.68 bits per heavy atom. The van der Waals surface area contributed by atoms with Gasteiger partial charge in [-0.3, -0.25) is 9.59 Å². The Labute approximate surface area is 216 Å². The molecule has 0 saturated heterocycles. The van der Waals surface area contributed by atoms with Crippen molar-refractivity contribution in [3.63, 3.8) is 0 Å². The van der Waals surface area contributed by atoms with Crippen LogP contribution in [-0.4, -0.2) is 26.3 Å². The first-order valence-corrected chi connectivity index (χ1v) is 11.8. The minimum atomic E-state index is -0.648. The Kier molecular flexibility index (Phi) is 5.49. The second-order valence-corrected chi connectivity index (χ2v) is 8.86. The number of ether oxygens (including phenoxy) is 1. The lowest BCUT2D eigenvalue weighted by Gasteiger charge is -2.10. The molecule has 0 atom stereocenters. The number of hydrogen-bond donors (Lipinski definition) is 2. The normalized spacial score (nSPS) is 13.5. The second kappa shape index (κ2) is 9.01. The van der Waals surface area contributed by atoms with Crippen LogP contribution in [0.15, 0.2) is 90.9 Å². The number of nitrogens with one attached hydrogen (secondary N) is 1. The first-order valence-electron chi connectivity index (χ1n) is 11.8. The Morgan fingerprint density at radius 1 is 1.08 bits per heavy atom. The number of benzene rings is 3. The number of hydrogen-bond acceptors (Lipinski definition) is 5. The van der Waals surface area contributed by atoms with Gasteiger partial charge < -0.3 is 19.7 Å². The molecular formula is C30H20FN3O4. The van der Waals surface area contributed by atoms with Crippen molar-refractivity contribution in [2.45, 2.75) is 0 Å². The number of aromatic nitrogens is 2. The predicted molar refractivity (Wildman–Crippen MR) is 142 cm³/mol. The molecule has 0 fully saturated rings. The first kappa shape index (κ1) is 23.2. The van der Waals surface area contributed by atoms with Crippen LogP contribution in [0.2, 0.25) is 0 Å². The number of pyridine rings is 1. The summed E-state index contributed by atoms with van der Waals surface area (Å²) >= 11 is 0. The van der Waals surface area contributed by atoms with Gasteiger partial charge in [-0.15, -0.1) is 0 Å². The topological polar surface area (TPSA) is 93.5 Å². The number of nitrogens with zero attached hydrogens (tertiary/aromatic N) is 2. The van der Waals surface area contributed by atoms with Gasteiger partial charge in [-0.05, 0) is 59.7 Å². The number of Topliss-reactive ketones (excluding diaryl/α,β-unsaturated/α-hetero) is 1. The third-order valence-electron chi connectivity index (χ3n) is 6.40. The SMILES string of the molecule is Cn1cc(C=C2Oc3cccc(O)c3C2=O)c2c(-c3ccc(F)c(C(=O)Nc4ccccc4)c3)ccnc21. The van der Waals surface area contributed by atoms with Gasteiger partial charge in [0.1, 0.15) is 28.5 Å². The van der Waals surface area contributed by atoms with Crippen LogP contribution in [-0.2, 0) is 7.05 Å². The average molecular weight is 506 g/mol. The molecule has 5 aromatic rings. The van der Waals surface area contributed by atoms with E-state index in [1.807, 2.05) is 17.7 Å². The molecule has 0 saturated carbocycles. The van der Waals surface area contributed by atoms with E-state index in [0.717, 1.165) is 0 Å². The van der Waals surface area contributed by atoms with Crippen molar-refractivity contribution in [3.8, 4) is 22.6 Å². The Hall–Kier alpha value is -5.24. The van der Waals surface area contributed by atoms with Crippen LogP contribution in [0.5, 0.6) is 11.5 Å². The van der Waals surface area contributed by atoms with Gasteiger partial charge in [0, 0.05) is 36.1 Å². The first-order chi connectivity index (χ1) is 18.4. The fourth-order valence-corrected chi connectivity index (χ4v) is 4.63. The number of ketones is 1. The van der Waals surface area contributed by atoms with E-state index in [1.165, 1.54) is 18.2 Å². The summed E-state index contributed by atoms with van der Waals surface area (Å²) in [6.45, 7) is 0. The number of amides is 1. The molecule has 0 unspecified atom stereocenters. The van der Waals surface area contributed by atoms with E-state index in [0.29, 0.717) is 33.4 Å². The van der Waals surface area contributed by atoms with Gasteiger partial charge in [-0.1, -0.05) is 30.3 Å². The summed E-state index contributed by atoms with van der Waals surface area (Å²) in [6.07, 6.45) is 5.04. The van der Waals surface area contributed by atoms with E-state index >= 15 is 0 Å². The van der Waals surface area contributed by atoms with Crippen LogP contribution in [0.4, 0.5) is 10.1 Å². The van der Waals surface area contributed by atoms with Crippen molar-refractivity contribution >= 4 is 34.5 Å². The number of aryl methyl sites for hydroxylation is 1. The van der Waals surface area contributed by atoms with Crippen molar-refractivity contribution in [3.05, 3.63) is 113 Å². The molecule has 2 N–H and O–H groups in total. The lowest BCUT2D eigenvalue weighted by Crippen LogP contribution is -2.13. The van der Waals surface area contributed by atoms with E-state index in [9.17, 15) is 19.1 Å². The molecule has 7 nitrogen and oxygen atoms in total. The zero-order valence-electron chi connectivity index (χ0n) is 20.1. The zero-order chi connectivity index (χ0) is 26.4. The average Bonchev–Trinajstić information content (AvgIpc) is 3.41. The van der Waals surface area contributed by atoms with Gasteiger partial charge in [-0.2, -0.15) is 0 Å². The number of carbonyl (C=O) groups is 2. The lowest BCUT2D eigenvalue weighted by molar-refractivity contribution is 0.101. The number of rotatable bonds is 4. The molecule has 3 aromatic carbocycles. The van der Waals surface area contributed by atoms with E-state index in [2.05, 4.69) is 10.3 Å². The molecule has 186 valence electrons. The van der Waals surface area contributed by atoms with Crippen molar-refractivity contribution in [1.82, 2.24) is 9.55 Å². The summed E-state index contributed by atoms with van der Waals surface area (Å²) in [5.74, 6) is -1.45. The molecule has 1 amide bonds. The fourth-order valence-electron chi connectivity index (χ4n) is 4.63. The number of carbonyl (C=O) groups excluding carboxylic acids is 2. The third-order valence-corrected chi connectivity index (χ3v) is 6.40. The minimum absolute atomic E-state index is 0.0610. The number of para-hydroxylation sites is 1. The molecule has 0 aliphatic carbocycles. The minimum Gasteiger partial charge on any atom is -0.507 e. The maximum atomic E-state index is 14.8. The number of halogens is 1. The van der Waals surface area contributed by atoms with Gasteiger partial charge in [0.2, 0.25) is 5.78 Å². The molecule has 1 aliphatic heterocycles. The lowest BCUT2D eigenvalue weighted by atomic mass is 9.98. The van der Waals surface area contributed by atoms with Gasteiger partial charge in [-0.25, -0.2) is 9.37 Å². The van der Waals surface area contributed by atoms with Crippen molar-refractivity contribution in [1.29, 1.82) is 0 Å². The van der Waals surface area contributed by atoms with Gasteiger partial charge in [0.05, 0.1) is 5.56 Å². The van der Waals surface area contributed by atoms with Crippen molar-refractivity contribution in [2.24, 2.45) is 7.05 Å². The van der Waals surface area contributed by atoms with Crippen LogP contribution in [0.1, 0.15) is 26.3 Å². The smallest absolute Gasteiger partial charge is 0.258 e. The van der Waals surface area contributed by atoms with E-state index in [-0.39, 0.29) is 28.4 Å². The van der Waals surface area contributed by atoms with Crippen LogP contribution < -0.4 is 10.1 Å². The summed E-state index contributed by atoms with van der Waals surface area (Å²) in [4.78, 5) is 30.3. The molecule has 0 spiro atoms. The number of aromatic hydroxyl groups is 1. The molecule has 6 rings (SSSR count). The molecule has 2 aromatic heterocycles.